The molecule has 0 spiro atoms. The van der Waals surface area contributed by atoms with Crippen LogP contribution in [0.2, 0.25) is 0 Å². The van der Waals surface area contributed by atoms with Gasteiger partial charge < -0.3 is 4.90 Å². The molecule has 5 nitrogen and oxygen atoms in total. The van der Waals surface area contributed by atoms with Crippen molar-refractivity contribution in [3.05, 3.63) is 29.3 Å². The number of fused-ring (bicyclic) bond motifs is 1. The van der Waals surface area contributed by atoms with Crippen molar-refractivity contribution >= 4 is 15.9 Å². The second-order valence-electron chi connectivity index (χ2n) is 9.01. The minimum absolute atomic E-state index is 0.0321. The second-order valence-corrected chi connectivity index (χ2v) is 10.9. The standard InChI is InChI=1S/C20H27F3N2O3S/c1-14-6-9-25(13-19(2,3)11-14)29(27,28)17-5-4-15-7-8-24(12-16(15)10-17)18(26)20(21,22)23/h4-5,10,14H,6-9,11-13H2,1-3H3. The zero-order chi connectivity index (χ0) is 21.6. The molecule has 9 heteroatoms. The predicted molar refractivity (Wildman–Crippen MR) is 103 cm³/mol. The highest BCUT2D eigenvalue weighted by molar-refractivity contribution is 7.89. The molecule has 2 aliphatic rings. The van der Waals surface area contributed by atoms with Gasteiger partial charge in [0.2, 0.25) is 10.0 Å². The van der Waals surface area contributed by atoms with E-state index in [4.69, 9.17) is 0 Å². The van der Waals surface area contributed by atoms with Gasteiger partial charge in [0.15, 0.2) is 0 Å². The normalized spacial score (nSPS) is 23.4. The molecule has 1 unspecified atom stereocenters. The molecule has 1 aromatic carbocycles. The summed E-state index contributed by atoms with van der Waals surface area (Å²) in [6.07, 6.45) is -2.97. The molecule has 1 amide bonds. The topological polar surface area (TPSA) is 57.7 Å². The van der Waals surface area contributed by atoms with E-state index in [9.17, 15) is 26.4 Å². The monoisotopic (exact) mass is 432 g/mol. The molecule has 0 saturated carbocycles. The van der Waals surface area contributed by atoms with Crippen LogP contribution in [0.15, 0.2) is 23.1 Å². The minimum Gasteiger partial charge on any atom is -0.330 e. The van der Waals surface area contributed by atoms with Crippen LogP contribution in [0, 0.1) is 11.3 Å². The number of rotatable bonds is 2. The van der Waals surface area contributed by atoms with Crippen molar-refractivity contribution < 1.29 is 26.4 Å². The zero-order valence-corrected chi connectivity index (χ0v) is 17.7. The van der Waals surface area contributed by atoms with E-state index in [0.717, 1.165) is 23.3 Å². The number of carbonyl (C=O) groups excluding carboxylic acids is 1. The van der Waals surface area contributed by atoms with Crippen LogP contribution in [0.3, 0.4) is 0 Å². The van der Waals surface area contributed by atoms with Crippen LogP contribution in [0.25, 0.3) is 0 Å². The first-order valence-corrected chi connectivity index (χ1v) is 11.2. The molecule has 0 radical (unpaired) electrons. The molecular weight excluding hydrogens is 405 g/mol. The van der Waals surface area contributed by atoms with Gasteiger partial charge in [-0.1, -0.05) is 26.8 Å². The first kappa shape index (κ1) is 22.1. The number of hydrogen-bond acceptors (Lipinski definition) is 3. The van der Waals surface area contributed by atoms with Crippen LogP contribution in [0.1, 0.15) is 44.7 Å². The van der Waals surface area contributed by atoms with Crippen molar-refractivity contribution in [1.29, 1.82) is 0 Å². The van der Waals surface area contributed by atoms with Gasteiger partial charge in [-0.2, -0.15) is 17.5 Å². The van der Waals surface area contributed by atoms with Crippen LogP contribution < -0.4 is 0 Å². The summed E-state index contributed by atoms with van der Waals surface area (Å²) in [6.45, 7) is 6.76. The molecule has 2 aliphatic heterocycles. The van der Waals surface area contributed by atoms with Crippen molar-refractivity contribution in [3.63, 3.8) is 0 Å². The second kappa shape index (κ2) is 7.58. The van der Waals surface area contributed by atoms with E-state index < -0.39 is 22.1 Å². The number of amides is 1. The first-order chi connectivity index (χ1) is 13.3. The summed E-state index contributed by atoms with van der Waals surface area (Å²) in [5.41, 5.74) is 1.07. The quantitative estimate of drug-likeness (QED) is 0.718. The average molecular weight is 433 g/mol. The van der Waals surface area contributed by atoms with Gasteiger partial charge in [-0.25, -0.2) is 8.42 Å². The molecule has 1 fully saturated rings. The predicted octanol–water partition coefficient (Wildman–Crippen LogP) is 3.58. The molecule has 1 aromatic rings. The van der Waals surface area contributed by atoms with Crippen molar-refractivity contribution in [1.82, 2.24) is 9.21 Å². The minimum atomic E-state index is -4.94. The molecule has 3 rings (SSSR count). The summed E-state index contributed by atoms with van der Waals surface area (Å²) in [6, 6.07) is 4.61. The van der Waals surface area contributed by atoms with Crippen molar-refractivity contribution in [2.45, 2.75) is 57.7 Å². The summed E-state index contributed by atoms with van der Waals surface area (Å²) in [7, 11) is -3.77. The molecule has 1 saturated heterocycles. The lowest BCUT2D eigenvalue weighted by Crippen LogP contribution is -2.43. The van der Waals surface area contributed by atoms with E-state index in [2.05, 4.69) is 6.92 Å². The van der Waals surface area contributed by atoms with E-state index in [-0.39, 0.29) is 29.8 Å². The lowest BCUT2D eigenvalue weighted by molar-refractivity contribution is -0.186. The molecule has 0 aromatic heterocycles. The van der Waals surface area contributed by atoms with Gasteiger partial charge in [-0.15, -0.1) is 0 Å². The molecule has 2 heterocycles. The molecule has 162 valence electrons. The number of alkyl halides is 3. The maximum Gasteiger partial charge on any atom is 0.471 e. The van der Waals surface area contributed by atoms with Crippen LogP contribution in [-0.4, -0.2) is 49.3 Å². The maximum atomic E-state index is 13.3. The van der Waals surface area contributed by atoms with E-state index >= 15 is 0 Å². The van der Waals surface area contributed by atoms with Gasteiger partial charge in [-0.3, -0.25) is 4.79 Å². The fraction of sp³-hybridized carbons (Fsp3) is 0.650. The Morgan fingerprint density at radius 1 is 1.17 bits per heavy atom. The highest BCUT2D eigenvalue weighted by Gasteiger charge is 2.43. The highest BCUT2D eigenvalue weighted by Crippen LogP contribution is 2.35. The Bertz CT molecular complexity index is 897. The van der Waals surface area contributed by atoms with Crippen molar-refractivity contribution in [3.8, 4) is 0 Å². The number of halogens is 3. The van der Waals surface area contributed by atoms with Crippen molar-refractivity contribution in [2.24, 2.45) is 11.3 Å². The summed E-state index contributed by atoms with van der Waals surface area (Å²) in [4.78, 5) is 12.4. The van der Waals surface area contributed by atoms with Crippen LogP contribution in [0.4, 0.5) is 13.2 Å². The SMILES string of the molecule is CC1CCN(S(=O)(=O)c2ccc3c(c2)CN(C(=O)C(F)(F)F)CC3)CC(C)(C)C1. The van der Waals surface area contributed by atoms with Gasteiger partial charge in [0.1, 0.15) is 0 Å². The number of hydrogen-bond donors (Lipinski definition) is 0. The molecule has 0 N–H and O–H groups in total. The van der Waals surface area contributed by atoms with Gasteiger partial charge in [0.25, 0.3) is 0 Å². The molecular formula is C20H27F3N2O3S. The Labute approximate surface area is 169 Å². The van der Waals surface area contributed by atoms with Crippen LogP contribution in [0.5, 0.6) is 0 Å². The fourth-order valence-corrected chi connectivity index (χ4v) is 6.13. The van der Waals surface area contributed by atoms with Gasteiger partial charge >= 0.3 is 12.1 Å². The summed E-state index contributed by atoms with van der Waals surface area (Å²) in [5.74, 6) is -1.48. The smallest absolute Gasteiger partial charge is 0.330 e. The fourth-order valence-electron chi connectivity index (χ4n) is 4.43. The first-order valence-electron chi connectivity index (χ1n) is 9.78. The maximum absolute atomic E-state index is 13.3. The number of nitrogens with zero attached hydrogens (tertiary/aromatic N) is 2. The Hall–Kier alpha value is -1.61. The van der Waals surface area contributed by atoms with Gasteiger partial charge in [-0.05, 0) is 53.9 Å². The summed E-state index contributed by atoms with van der Waals surface area (Å²) in [5, 5.41) is 0. The third kappa shape index (κ3) is 4.77. The number of carbonyl (C=O) groups is 1. The van der Waals surface area contributed by atoms with E-state index in [1.165, 1.54) is 16.4 Å². The summed E-state index contributed by atoms with van der Waals surface area (Å²) < 4.78 is 66.3. The van der Waals surface area contributed by atoms with E-state index in [1.807, 2.05) is 13.8 Å². The Balaban J connectivity index is 1.88. The van der Waals surface area contributed by atoms with Crippen LogP contribution >= 0.6 is 0 Å². The Kier molecular flexibility index (Phi) is 5.77. The van der Waals surface area contributed by atoms with Crippen LogP contribution in [-0.2, 0) is 27.8 Å². The molecule has 1 atom stereocenters. The Morgan fingerprint density at radius 3 is 2.52 bits per heavy atom. The van der Waals surface area contributed by atoms with E-state index in [1.54, 1.807) is 6.07 Å². The number of sulfonamides is 1. The third-order valence-electron chi connectivity index (χ3n) is 5.73. The lowest BCUT2D eigenvalue weighted by Gasteiger charge is -2.31. The summed E-state index contributed by atoms with van der Waals surface area (Å²) >= 11 is 0. The van der Waals surface area contributed by atoms with Crippen molar-refractivity contribution in [2.75, 3.05) is 19.6 Å². The average Bonchev–Trinajstić information content (AvgIpc) is 2.76. The van der Waals surface area contributed by atoms with Gasteiger partial charge in [0.05, 0.1) is 4.90 Å². The molecule has 0 aliphatic carbocycles. The highest BCUT2D eigenvalue weighted by atomic mass is 32.2. The lowest BCUT2D eigenvalue weighted by atomic mass is 9.84. The zero-order valence-electron chi connectivity index (χ0n) is 16.9. The Morgan fingerprint density at radius 2 is 1.86 bits per heavy atom. The largest absolute Gasteiger partial charge is 0.471 e. The van der Waals surface area contributed by atoms with E-state index in [0.29, 0.717) is 24.6 Å². The van der Waals surface area contributed by atoms with Gasteiger partial charge in [0, 0.05) is 26.2 Å². The molecule has 0 bridgehead atoms. The third-order valence-corrected chi connectivity index (χ3v) is 7.58. The number of benzene rings is 1. The molecule has 29 heavy (non-hydrogen) atoms.